The van der Waals surface area contributed by atoms with Crippen LogP contribution in [0.5, 0.6) is 0 Å². The van der Waals surface area contributed by atoms with Gasteiger partial charge in [-0.2, -0.15) is 0 Å². The summed E-state index contributed by atoms with van der Waals surface area (Å²) >= 11 is 3.36. The number of methoxy groups -OCH3 is 1. The van der Waals surface area contributed by atoms with Crippen LogP contribution in [0.15, 0.2) is 28.7 Å². The lowest BCUT2D eigenvalue weighted by Gasteiger charge is -2.35. The van der Waals surface area contributed by atoms with Crippen molar-refractivity contribution in [1.29, 1.82) is 0 Å². The lowest BCUT2D eigenvalue weighted by atomic mass is 9.95. The van der Waals surface area contributed by atoms with E-state index in [1.54, 1.807) is 21.9 Å². The van der Waals surface area contributed by atoms with Crippen LogP contribution in [0.1, 0.15) is 38.3 Å². The van der Waals surface area contributed by atoms with Gasteiger partial charge in [0.1, 0.15) is 0 Å². The van der Waals surface area contributed by atoms with Crippen molar-refractivity contribution in [3.8, 4) is 0 Å². The molecule has 1 heterocycles. The molecule has 0 aliphatic carbocycles. The highest BCUT2D eigenvalue weighted by Gasteiger charge is 2.32. The number of urea groups is 1. The number of esters is 1. The smallest absolute Gasteiger partial charge is 0.333 e. The predicted octanol–water partition coefficient (Wildman–Crippen LogP) is 2.95. The molecule has 1 aromatic carbocycles. The summed E-state index contributed by atoms with van der Waals surface area (Å²) < 4.78 is 5.75. The number of nitrogens with zero attached hydrogens (tertiary/aromatic N) is 2. The first kappa shape index (κ1) is 22.2. The van der Waals surface area contributed by atoms with E-state index in [2.05, 4.69) is 21.2 Å². The van der Waals surface area contributed by atoms with Gasteiger partial charge in [-0.25, -0.2) is 9.59 Å². The van der Waals surface area contributed by atoms with Gasteiger partial charge in [-0.1, -0.05) is 28.1 Å². The Bertz CT molecular complexity index is 683. The highest BCUT2D eigenvalue weighted by Crippen LogP contribution is 2.22. The van der Waals surface area contributed by atoms with Crippen LogP contribution >= 0.6 is 15.9 Å². The fourth-order valence-corrected chi connectivity index (χ4v) is 3.60. The van der Waals surface area contributed by atoms with Crippen LogP contribution in [-0.4, -0.2) is 61.0 Å². The van der Waals surface area contributed by atoms with Crippen molar-refractivity contribution in [2.75, 3.05) is 33.3 Å². The molecule has 7 nitrogen and oxygen atoms in total. The number of amides is 3. The van der Waals surface area contributed by atoms with Crippen LogP contribution < -0.4 is 5.32 Å². The molecule has 1 unspecified atom stereocenters. The predicted molar refractivity (Wildman–Crippen MR) is 110 cm³/mol. The molecular formula is C20H28BrN3O4. The van der Waals surface area contributed by atoms with Gasteiger partial charge >= 0.3 is 12.0 Å². The number of piperidine rings is 1. The van der Waals surface area contributed by atoms with Gasteiger partial charge in [-0.05, 0) is 44.4 Å². The molecule has 0 spiro atoms. The molecule has 1 N–H and O–H groups in total. The first-order valence-corrected chi connectivity index (χ1v) is 10.4. The summed E-state index contributed by atoms with van der Waals surface area (Å²) in [5.41, 5.74) is 0.664. The summed E-state index contributed by atoms with van der Waals surface area (Å²) in [6, 6.07) is 6.35. The highest BCUT2D eigenvalue weighted by atomic mass is 79.9. The fraction of sp³-hybridized carbons (Fsp3) is 0.550. The maximum absolute atomic E-state index is 12.7. The molecule has 1 aromatic rings. The lowest BCUT2D eigenvalue weighted by Crippen LogP contribution is -2.49. The van der Waals surface area contributed by atoms with E-state index in [1.807, 2.05) is 26.0 Å². The Hall–Kier alpha value is -2.09. The van der Waals surface area contributed by atoms with E-state index in [-0.39, 0.29) is 17.9 Å². The first-order chi connectivity index (χ1) is 13.4. The number of halogens is 1. The molecule has 28 heavy (non-hydrogen) atoms. The summed E-state index contributed by atoms with van der Waals surface area (Å²) in [6.07, 6.45) is 1.15. The number of nitrogens with one attached hydrogen (secondary N) is 1. The zero-order valence-corrected chi connectivity index (χ0v) is 18.2. The summed E-state index contributed by atoms with van der Waals surface area (Å²) in [7, 11) is 1.30. The van der Waals surface area contributed by atoms with Gasteiger partial charge in [0.05, 0.1) is 7.11 Å². The molecule has 0 aromatic heterocycles. The van der Waals surface area contributed by atoms with Crippen LogP contribution in [0.4, 0.5) is 4.79 Å². The van der Waals surface area contributed by atoms with Crippen molar-refractivity contribution in [3.63, 3.8) is 0 Å². The van der Waals surface area contributed by atoms with Gasteiger partial charge in [0.2, 0.25) is 5.91 Å². The second-order valence-electron chi connectivity index (χ2n) is 6.73. The minimum atomic E-state index is -0.846. The van der Waals surface area contributed by atoms with Crippen molar-refractivity contribution in [2.24, 2.45) is 5.92 Å². The Morgan fingerprint density at radius 3 is 2.25 bits per heavy atom. The molecule has 1 saturated heterocycles. The third kappa shape index (κ3) is 5.47. The zero-order valence-electron chi connectivity index (χ0n) is 16.6. The first-order valence-electron chi connectivity index (χ1n) is 9.58. The average Bonchev–Trinajstić information content (AvgIpc) is 2.73. The summed E-state index contributed by atoms with van der Waals surface area (Å²) in [5, 5.41) is 2.82. The second kappa shape index (κ2) is 10.5. The number of carbonyl (C=O) groups is 3. The number of ether oxygens (including phenoxy) is 1. The Balaban J connectivity index is 1.98. The van der Waals surface area contributed by atoms with Crippen molar-refractivity contribution < 1.29 is 19.1 Å². The second-order valence-corrected chi connectivity index (χ2v) is 7.65. The molecule has 1 fully saturated rings. The van der Waals surface area contributed by atoms with Crippen molar-refractivity contribution >= 4 is 33.8 Å². The number of benzene rings is 1. The largest absolute Gasteiger partial charge is 0.467 e. The topological polar surface area (TPSA) is 79.0 Å². The molecule has 3 amide bonds. The molecule has 1 atom stereocenters. The summed E-state index contributed by atoms with van der Waals surface area (Å²) in [6.45, 7) is 6.32. The zero-order chi connectivity index (χ0) is 20.7. The highest BCUT2D eigenvalue weighted by molar-refractivity contribution is 9.10. The Labute approximate surface area is 174 Å². The molecule has 154 valence electrons. The quantitative estimate of drug-likeness (QED) is 0.671. The number of carbonyl (C=O) groups excluding carboxylic acids is 3. The molecular weight excluding hydrogens is 426 g/mol. The normalized spacial score (nSPS) is 15.6. The van der Waals surface area contributed by atoms with Crippen LogP contribution in [0.25, 0.3) is 0 Å². The van der Waals surface area contributed by atoms with Crippen LogP contribution in [-0.2, 0) is 14.3 Å². The van der Waals surface area contributed by atoms with E-state index >= 15 is 0 Å². The Morgan fingerprint density at radius 2 is 1.75 bits per heavy atom. The minimum absolute atomic E-state index is 0.0196. The van der Waals surface area contributed by atoms with Gasteiger partial charge < -0.3 is 19.9 Å². The van der Waals surface area contributed by atoms with Gasteiger partial charge in [0.25, 0.3) is 0 Å². The minimum Gasteiger partial charge on any atom is -0.467 e. The van der Waals surface area contributed by atoms with E-state index < -0.39 is 12.0 Å². The van der Waals surface area contributed by atoms with E-state index in [0.29, 0.717) is 44.6 Å². The van der Waals surface area contributed by atoms with E-state index in [4.69, 9.17) is 4.74 Å². The van der Waals surface area contributed by atoms with E-state index in [9.17, 15) is 14.4 Å². The standard InChI is InChI=1S/C20H28BrN3O4/c1-4-23(5-2)20(27)24-12-10-15(11-13-24)18(25)22-17(19(26)28-3)14-6-8-16(21)9-7-14/h6-9,15,17H,4-5,10-13H2,1-3H3,(H,22,25). The summed E-state index contributed by atoms with van der Waals surface area (Å²) in [4.78, 5) is 41.0. The van der Waals surface area contributed by atoms with Crippen LogP contribution in [0.3, 0.4) is 0 Å². The molecule has 0 saturated carbocycles. The molecule has 1 aliphatic rings. The number of rotatable bonds is 6. The third-order valence-electron chi connectivity index (χ3n) is 5.10. The number of hydrogen-bond acceptors (Lipinski definition) is 4. The lowest BCUT2D eigenvalue weighted by molar-refractivity contribution is -0.146. The maximum Gasteiger partial charge on any atom is 0.333 e. The monoisotopic (exact) mass is 453 g/mol. The van der Waals surface area contributed by atoms with Crippen LogP contribution in [0, 0.1) is 5.92 Å². The molecule has 8 heteroatoms. The Morgan fingerprint density at radius 1 is 1.18 bits per heavy atom. The fourth-order valence-electron chi connectivity index (χ4n) is 3.34. The summed E-state index contributed by atoms with van der Waals surface area (Å²) in [5.74, 6) is -0.929. The van der Waals surface area contributed by atoms with Crippen molar-refractivity contribution in [2.45, 2.75) is 32.7 Å². The van der Waals surface area contributed by atoms with Gasteiger partial charge in [0.15, 0.2) is 6.04 Å². The third-order valence-corrected chi connectivity index (χ3v) is 5.63. The Kier molecular flexibility index (Phi) is 8.29. The van der Waals surface area contributed by atoms with Gasteiger partial charge in [-0.15, -0.1) is 0 Å². The van der Waals surface area contributed by atoms with E-state index in [0.717, 1.165) is 4.47 Å². The number of hydrogen-bond donors (Lipinski definition) is 1. The van der Waals surface area contributed by atoms with Gasteiger partial charge in [0, 0.05) is 36.6 Å². The van der Waals surface area contributed by atoms with Crippen molar-refractivity contribution in [3.05, 3.63) is 34.3 Å². The van der Waals surface area contributed by atoms with E-state index in [1.165, 1.54) is 7.11 Å². The average molecular weight is 454 g/mol. The number of likely N-dealkylation sites (tertiary alicyclic amines) is 1. The SMILES string of the molecule is CCN(CC)C(=O)N1CCC(C(=O)NC(C(=O)OC)c2ccc(Br)cc2)CC1. The molecule has 2 rings (SSSR count). The maximum atomic E-state index is 12.7. The molecule has 1 aliphatic heterocycles. The van der Waals surface area contributed by atoms with Crippen LogP contribution in [0.2, 0.25) is 0 Å². The molecule has 0 radical (unpaired) electrons. The van der Waals surface area contributed by atoms with Crippen molar-refractivity contribution in [1.82, 2.24) is 15.1 Å². The molecule has 0 bridgehead atoms. The van der Waals surface area contributed by atoms with Gasteiger partial charge in [-0.3, -0.25) is 4.79 Å².